The molecule has 2 aliphatic rings. The highest BCUT2D eigenvalue weighted by atomic mass is 16.4. The van der Waals surface area contributed by atoms with Crippen LogP contribution in [0.1, 0.15) is 24.8 Å². The van der Waals surface area contributed by atoms with Gasteiger partial charge in [0.2, 0.25) is 5.91 Å². The van der Waals surface area contributed by atoms with Crippen molar-refractivity contribution in [2.75, 3.05) is 4.90 Å². The zero-order valence-electron chi connectivity index (χ0n) is 10.6. The summed E-state index contributed by atoms with van der Waals surface area (Å²) >= 11 is 0. The number of carbonyl (C=O) groups excluding carboxylic acids is 1. The van der Waals surface area contributed by atoms with Crippen molar-refractivity contribution in [3.8, 4) is 0 Å². The maximum Gasteiger partial charge on any atom is 0.327 e. The fourth-order valence-corrected chi connectivity index (χ4v) is 3.32. The summed E-state index contributed by atoms with van der Waals surface area (Å²) in [5.74, 6) is -1.10. The van der Waals surface area contributed by atoms with Crippen LogP contribution in [0.4, 0.5) is 5.69 Å². The number of amides is 1. The minimum Gasteiger partial charge on any atom is -0.480 e. The topological polar surface area (TPSA) is 57.6 Å². The van der Waals surface area contributed by atoms with Crippen LogP contribution in [0.3, 0.4) is 0 Å². The lowest BCUT2D eigenvalue weighted by Gasteiger charge is -2.41. The highest BCUT2D eigenvalue weighted by molar-refractivity contribution is 6.00. The normalized spacial score (nSPS) is 27.8. The molecule has 1 N–H and O–H groups in total. The summed E-state index contributed by atoms with van der Waals surface area (Å²) in [5, 5.41) is 9.51. The van der Waals surface area contributed by atoms with Crippen molar-refractivity contribution in [2.24, 2.45) is 5.92 Å². The Morgan fingerprint density at radius 2 is 2.05 bits per heavy atom. The number of carboxylic acid groups (broad SMARTS) is 1. The van der Waals surface area contributed by atoms with Crippen LogP contribution in [0.5, 0.6) is 0 Å². The van der Waals surface area contributed by atoms with Crippen molar-refractivity contribution in [2.45, 2.75) is 25.3 Å². The van der Waals surface area contributed by atoms with E-state index in [1.807, 2.05) is 30.3 Å². The van der Waals surface area contributed by atoms with Gasteiger partial charge in [-0.25, -0.2) is 4.79 Å². The smallest absolute Gasteiger partial charge is 0.327 e. The summed E-state index contributed by atoms with van der Waals surface area (Å²) in [7, 11) is 0. The van der Waals surface area contributed by atoms with Crippen molar-refractivity contribution >= 4 is 17.6 Å². The summed E-state index contributed by atoms with van der Waals surface area (Å²) in [6, 6.07) is 6.81. The first-order valence-electron chi connectivity index (χ1n) is 6.39. The Morgan fingerprint density at radius 1 is 1.32 bits per heavy atom. The highest BCUT2D eigenvalue weighted by Gasteiger charge is 2.46. The van der Waals surface area contributed by atoms with E-state index in [2.05, 4.69) is 6.08 Å². The van der Waals surface area contributed by atoms with E-state index >= 15 is 0 Å². The molecule has 1 heterocycles. The zero-order chi connectivity index (χ0) is 13.6. The molecular weight excluding hydrogens is 242 g/mol. The average molecular weight is 257 g/mol. The number of allylic oxidation sites excluding steroid dienone is 2. The monoisotopic (exact) mass is 257 g/mol. The van der Waals surface area contributed by atoms with Crippen LogP contribution in [0.15, 0.2) is 36.4 Å². The maximum atomic E-state index is 11.9. The van der Waals surface area contributed by atoms with E-state index < -0.39 is 12.0 Å². The molecule has 98 valence electrons. The fraction of sp³-hybridized carbons (Fsp3) is 0.333. The summed E-state index contributed by atoms with van der Waals surface area (Å²) in [5.41, 5.74) is 1.78. The number of carbonyl (C=O) groups is 2. The van der Waals surface area contributed by atoms with Crippen molar-refractivity contribution in [3.63, 3.8) is 0 Å². The van der Waals surface area contributed by atoms with Crippen molar-refractivity contribution < 1.29 is 14.7 Å². The Hall–Kier alpha value is -2.10. The van der Waals surface area contributed by atoms with Crippen molar-refractivity contribution in [3.05, 3.63) is 42.0 Å². The SMILES string of the molecule is CC(=O)N1c2ccccc2[C@H]2C=CC[C@H]2[C@H]1C(=O)O. The summed E-state index contributed by atoms with van der Waals surface area (Å²) in [6.45, 7) is 1.43. The molecule has 1 aromatic carbocycles. The molecule has 19 heavy (non-hydrogen) atoms. The second-order valence-corrected chi connectivity index (χ2v) is 5.08. The number of fused-ring (bicyclic) bond motifs is 3. The molecule has 3 atom stereocenters. The number of benzene rings is 1. The van der Waals surface area contributed by atoms with Gasteiger partial charge in [0.25, 0.3) is 0 Å². The van der Waals surface area contributed by atoms with Gasteiger partial charge in [0.05, 0.1) is 0 Å². The van der Waals surface area contributed by atoms with Gasteiger partial charge in [-0.15, -0.1) is 0 Å². The molecule has 0 fully saturated rings. The van der Waals surface area contributed by atoms with Crippen LogP contribution in [-0.4, -0.2) is 23.0 Å². The van der Waals surface area contributed by atoms with Gasteiger partial charge >= 0.3 is 5.97 Å². The molecule has 4 nitrogen and oxygen atoms in total. The lowest BCUT2D eigenvalue weighted by atomic mass is 9.78. The number of hydrogen-bond donors (Lipinski definition) is 1. The van der Waals surface area contributed by atoms with Crippen LogP contribution in [0, 0.1) is 5.92 Å². The molecule has 0 unspecified atom stereocenters. The van der Waals surface area contributed by atoms with Crippen LogP contribution in [0.25, 0.3) is 0 Å². The number of rotatable bonds is 1. The predicted molar refractivity (Wildman–Crippen MR) is 71.0 cm³/mol. The first-order chi connectivity index (χ1) is 9.11. The number of nitrogens with zero attached hydrogens (tertiary/aromatic N) is 1. The quantitative estimate of drug-likeness (QED) is 0.784. The van der Waals surface area contributed by atoms with Gasteiger partial charge in [0.1, 0.15) is 6.04 Å². The molecule has 0 aromatic heterocycles. The van der Waals surface area contributed by atoms with Gasteiger partial charge in [-0.2, -0.15) is 0 Å². The van der Waals surface area contributed by atoms with Gasteiger partial charge in [0, 0.05) is 24.4 Å². The van der Waals surface area contributed by atoms with Gasteiger partial charge in [0.15, 0.2) is 0 Å². The molecule has 0 spiro atoms. The first-order valence-corrected chi connectivity index (χ1v) is 6.39. The second-order valence-electron chi connectivity index (χ2n) is 5.08. The maximum absolute atomic E-state index is 11.9. The third kappa shape index (κ3) is 1.67. The number of anilines is 1. The Balaban J connectivity index is 2.20. The van der Waals surface area contributed by atoms with Gasteiger partial charge in [-0.3, -0.25) is 9.69 Å². The lowest BCUT2D eigenvalue weighted by molar-refractivity contribution is -0.141. The van der Waals surface area contributed by atoms with Crippen LogP contribution >= 0.6 is 0 Å². The Bertz CT molecular complexity index is 579. The first kappa shape index (κ1) is 12.0. The van der Waals surface area contributed by atoms with Crippen LogP contribution < -0.4 is 4.90 Å². The zero-order valence-corrected chi connectivity index (χ0v) is 10.6. The average Bonchev–Trinajstić information content (AvgIpc) is 2.85. The fourth-order valence-electron chi connectivity index (χ4n) is 3.32. The van der Waals surface area contributed by atoms with Gasteiger partial charge in [-0.1, -0.05) is 30.4 Å². The minimum absolute atomic E-state index is 0.0590. The summed E-state index contributed by atoms with van der Waals surface area (Å²) in [4.78, 5) is 24.9. The number of aliphatic carboxylic acids is 1. The number of carboxylic acids is 1. The summed E-state index contributed by atoms with van der Waals surface area (Å²) < 4.78 is 0. The molecule has 1 amide bonds. The van der Waals surface area contributed by atoms with E-state index in [9.17, 15) is 14.7 Å². The Morgan fingerprint density at radius 3 is 2.74 bits per heavy atom. The molecule has 3 rings (SSSR count). The van der Waals surface area contributed by atoms with Gasteiger partial charge in [-0.05, 0) is 18.1 Å². The minimum atomic E-state index is -0.927. The molecule has 1 aromatic rings. The van der Waals surface area contributed by atoms with Crippen LogP contribution in [-0.2, 0) is 9.59 Å². The number of para-hydroxylation sites is 1. The van der Waals surface area contributed by atoms with E-state index in [1.54, 1.807) is 0 Å². The predicted octanol–water partition coefficient (Wildman–Crippen LogP) is 2.17. The Kier molecular flexibility index (Phi) is 2.66. The second kappa shape index (κ2) is 4.23. The molecule has 1 aliphatic carbocycles. The van der Waals surface area contributed by atoms with Crippen molar-refractivity contribution in [1.29, 1.82) is 0 Å². The largest absolute Gasteiger partial charge is 0.480 e. The number of hydrogen-bond acceptors (Lipinski definition) is 2. The molecule has 0 saturated heterocycles. The molecule has 0 saturated carbocycles. The molecule has 4 heteroatoms. The van der Waals surface area contributed by atoms with Crippen molar-refractivity contribution in [1.82, 2.24) is 0 Å². The van der Waals surface area contributed by atoms with E-state index in [0.29, 0.717) is 6.42 Å². The standard InChI is InChI=1S/C15H15NO3/c1-9(17)16-13-8-3-2-5-11(13)10-6-4-7-12(10)14(16)15(18)19/h2-6,8,10,12,14H,7H2,1H3,(H,18,19)/t10-,12-,14+/m1/s1. The molecular formula is C15H15NO3. The van der Waals surface area contributed by atoms with E-state index in [1.165, 1.54) is 11.8 Å². The molecule has 0 radical (unpaired) electrons. The third-order valence-corrected chi connectivity index (χ3v) is 4.04. The summed E-state index contributed by atoms with van der Waals surface area (Å²) in [6.07, 6.45) is 4.79. The van der Waals surface area contributed by atoms with E-state index in [4.69, 9.17) is 0 Å². The lowest BCUT2D eigenvalue weighted by Crippen LogP contribution is -2.52. The van der Waals surface area contributed by atoms with E-state index in [0.717, 1.165) is 11.3 Å². The van der Waals surface area contributed by atoms with Crippen LogP contribution in [0.2, 0.25) is 0 Å². The Labute approximate surface area is 111 Å². The third-order valence-electron chi connectivity index (χ3n) is 4.04. The van der Waals surface area contributed by atoms with E-state index in [-0.39, 0.29) is 17.7 Å². The molecule has 1 aliphatic heterocycles. The van der Waals surface area contributed by atoms with Gasteiger partial charge < -0.3 is 5.11 Å². The highest BCUT2D eigenvalue weighted by Crippen LogP contribution is 2.47. The molecule has 0 bridgehead atoms.